The Kier molecular flexibility index (Phi) is 9.70. The van der Waals surface area contributed by atoms with Crippen LogP contribution >= 0.6 is 23.2 Å². The summed E-state index contributed by atoms with van der Waals surface area (Å²) in [5.74, 6) is -0.339. The molecule has 1 aliphatic rings. The molecular formula is C38H33Cl2N5O4. The number of carbonyl (C=O) groups excluding carboxylic acids is 1. The molecule has 0 spiro atoms. The van der Waals surface area contributed by atoms with Gasteiger partial charge in [-0.2, -0.15) is 0 Å². The lowest BCUT2D eigenvalue weighted by atomic mass is 9.90. The maximum Gasteiger partial charge on any atom is 0.271 e. The SMILES string of the molecule is CC1C(Cn2cnc(Cl)c2Cl)OC(c2ccc(-c3ccccc3CNC(=O)c3cnc4ccccc4n3)cc2)OC1c1ccc(CO)cc1. The fourth-order valence-electron chi connectivity index (χ4n) is 6.10. The summed E-state index contributed by atoms with van der Waals surface area (Å²) in [7, 11) is 0. The Labute approximate surface area is 293 Å². The largest absolute Gasteiger partial charge is 0.392 e. The first-order valence-corrected chi connectivity index (χ1v) is 16.7. The minimum Gasteiger partial charge on any atom is -0.392 e. The predicted octanol–water partition coefficient (Wildman–Crippen LogP) is 7.71. The number of hydrogen-bond acceptors (Lipinski definition) is 7. The van der Waals surface area contributed by atoms with Crippen LogP contribution in [0.5, 0.6) is 0 Å². The normalized spacial score (nSPS) is 19.2. The van der Waals surface area contributed by atoms with Gasteiger partial charge in [-0.3, -0.25) is 9.78 Å². The van der Waals surface area contributed by atoms with E-state index in [9.17, 15) is 9.90 Å². The Hall–Kier alpha value is -4.64. The van der Waals surface area contributed by atoms with E-state index < -0.39 is 6.29 Å². The van der Waals surface area contributed by atoms with Gasteiger partial charge in [-0.05, 0) is 39.9 Å². The molecule has 0 radical (unpaired) electrons. The van der Waals surface area contributed by atoms with Crippen molar-refractivity contribution in [3.8, 4) is 11.1 Å². The summed E-state index contributed by atoms with van der Waals surface area (Å²) >= 11 is 12.6. The highest BCUT2D eigenvalue weighted by atomic mass is 35.5. The molecule has 49 heavy (non-hydrogen) atoms. The van der Waals surface area contributed by atoms with E-state index in [0.717, 1.165) is 38.9 Å². The number of benzene rings is 4. The highest BCUT2D eigenvalue weighted by molar-refractivity contribution is 6.40. The molecular weight excluding hydrogens is 661 g/mol. The maximum absolute atomic E-state index is 13.0. The lowest BCUT2D eigenvalue weighted by Crippen LogP contribution is -2.39. The molecule has 248 valence electrons. The molecule has 6 aromatic rings. The lowest BCUT2D eigenvalue weighted by molar-refractivity contribution is -0.276. The van der Waals surface area contributed by atoms with Crippen LogP contribution in [-0.2, 0) is 29.2 Å². The number of halogens is 2. The minimum atomic E-state index is -0.659. The summed E-state index contributed by atoms with van der Waals surface area (Å²) in [4.78, 5) is 26.0. The third-order valence-corrected chi connectivity index (χ3v) is 9.63. The molecule has 3 heterocycles. The van der Waals surface area contributed by atoms with Crippen LogP contribution in [0.3, 0.4) is 0 Å². The molecule has 11 heteroatoms. The van der Waals surface area contributed by atoms with Crippen LogP contribution in [0, 0.1) is 5.92 Å². The summed E-state index contributed by atoms with van der Waals surface area (Å²) in [6.07, 6.45) is 1.89. The van der Waals surface area contributed by atoms with Crippen LogP contribution in [-0.4, -0.2) is 36.6 Å². The molecule has 1 amide bonds. The topological polar surface area (TPSA) is 111 Å². The molecule has 9 nitrogen and oxygen atoms in total. The van der Waals surface area contributed by atoms with Crippen LogP contribution in [0.25, 0.3) is 22.2 Å². The van der Waals surface area contributed by atoms with E-state index in [0.29, 0.717) is 23.8 Å². The second-order valence-electron chi connectivity index (χ2n) is 12.0. The first kappa shape index (κ1) is 32.9. The van der Waals surface area contributed by atoms with E-state index in [4.69, 9.17) is 32.7 Å². The van der Waals surface area contributed by atoms with E-state index in [1.807, 2.05) is 97.1 Å². The Balaban J connectivity index is 1.10. The van der Waals surface area contributed by atoms with Crippen LogP contribution < -0.4 is 5.32 Å². The Morgan fingerprint density at radius 1 is 0.878 bits per heavy atom. The number of carbonyl (C=O) groups is 1. The van der Waals surface area contributed by atoms with Crippen molar-refractivity contribution in [1.29, 1.82) is 0 Å². The van der Waals surface area contributed by atoms with E-state index >= 15 is 0 Å². The molecule has 7 rings (SSSR count). The number of amides is 1. The number of fused-ring (bicyclic) bond motifs is 1. The molecule has 0 aliphatic carbocycles. The summed E-state index contributed by atoms with van der Waals surface area (Å²) in [5, 5.41) is 13.2. The Bertz CT molecular complexity index is 2090. The second kappa shape index (κ2) is 14.5. The van der Waals surface area contributed by atoms with Crippen molar-refractivity contribution in [2.75, 3.05) is 0 Å². The van der Waals surface area contributed by atoms with Crippen molar-refractivity contribution in [1.82, 2.24) is 24.8 Å². The first-order valence-electron chi connectivity index (χ1n) is 15.9. The molecule has 4 atom stereocenters. The van der Waals surface area contributed by atoms with E-state index in [1.165, 1.54) is 6.20 Å². The molecule has 1 aliphatic heterocycles. The van der Waals surface area contributed by atoms with Crippen LogP contribution in [0.2, 0.25) is 10.3 Å². The van der Waals surface area contributed by atoms with Crippen molar-refractivity contribution < 1.29 is 19.4 Å². The lowest BCUT2D eigenvalue weighted by Gasteiger charge is -2.41. The van der Waals surface area contributed by atoms with Gasteiger partial charge in [0, 0.05) is 18.0 Å². The third-order valence-electron chi connectivity index (χ3n) is 8.86. The van der Waals surface area contributed by atoms with Gasteiger partial charge in [0.1, 0.15) is 10.8 Å². The fraction of sp³-hybridized carbons (Fsp3) is 0.211. The Morgan fingerprint density at radius 3 is 2.33 bits per heavy atom. The van der Waals surface area contributed by atoms with Crippen molar-refractivity contribution in [3.05, 3.63) is 148 Å². The van der Waals surface area contributed by atoms with Gasteiger partial charge in [0.15, 0.2) is 11.4 Å². The standard InChI is InChI=1S/C38H33Cl2N5O4/c1-23-33(20-45-22-43-35(39)36(45)40)48-38(49-34(23)26-12-10-24(21-46)11-13-26)27-16-14-25(15-17-27)29-7-3-2-6-28(29)18-42-37(47)32-19-41-30-8-4-5-9-31(30)44-32/h2-17,19,22-23,33-34,38,46H,18,20-21H2,1H3,(H,42,47). The van der Waals surface area contributed by atoms with Gasteiger partial charge in [0.25, 0.3) is 5.91 Å². The van der Waals surface area contributed by atoms with Gasteiger partial charge in [-0.1, -0.05) is 115 Å². The monoisotopic (exact) mass is 693 g/mol. The molecule has 1 fully saturated rings. The van der Waals surface area contributed by atoms with Crippen LogP contribution in [0.4, 0.5) is 0 Å². The van der Waals surface area contributed by atoms with Gasteiger partial charge in [0.2, 0.25) is 0 Å². The van der Waals surface area contributed by atoms with E-state index in [-0.39, 0.29) is 41.5 Å². The van der Waals surface area contributed by atoms with E-state index in [1.54, 1.807) is 10.9 Å². The number of ether oxygens (including phenoxy) is 2. The average Bonchev–Trinajstić information content (AvgIpc) is 3.47. The second-order valence-corrected chi connectivity index (χ2v) is 12.7. The highest BCUT2D eigenvalue weighted by Crippen LogP contribution is 2.43. The summed E-state index contributed by atoms with van der Waals surface area (Å²) in [5.41, 5.74) is 7.27. The number of aliphatic hydroxyl groups is 1. The summed E-state index contributed by atoms with van der Waals surface area (Å²) in [6.45, 7) is 2.81. The minimum absolute atomic E-state index is 0.0312. The number of aliphatic hydroxyl groups excluding tert-OH is 1. The van der Waals surface area contributed by atoms with Crippen molar-refractivity contribution >= 4 is 40.1 Å². The number of imidazole rings is 1. The van der Waals surface area contributed by atoms with Crippen LogP contribution in [0.15, 0.2) is 110 Å². The zero-order valence-electron chi connectivity index (χ0n) is 26.5. The first-order chi connectivity index (χ1) is 23.9. The number of para-hydroxylation sites is 2. The maximum atomic E-state index is 13.0. The highest BCUT2D eigenvalue weighted by Gasteiger charge is 2.39. The molecule has 2 N–H and O–H groups in total. The van der Waals surface area contributed by atoms with Crippen LogP contribution in [0.1, 0.15) is 52.1 Å². The number of nitrogens with zero attached hydrogens (tertiary/aromatic N) is 4. The molecule has 1 saturated heterocycles. The molecule has 0 bridgehead atoms. The van der Waals surface area contributed by atoms with Crippen molar-refractivity contribution in [3.63, 3.8) is 0 Å². The quantitative estimate of drug-likeness (QED) is 0.160. The van der Waals surface area contributed by atoms with Gasteiger partial charge in [0.05, 0.1) is 48.9 Å². The fourth-order valence-corrected chi connectivity index (χ4v) is 6.41. The number of nitrogens with one attached hydrogen (secondary N) is 1. The van der Waals surface area contributed by atoms with Crippen molar-refractivity contribution in [2.24, 2.45) is 5.92 Å². The van der Waals surface area contributed by atoms with Crippen molar-refractivity contribution in [2.45, 2.75) is 45.1 Å². The molecule has 0 saturated carbocycles. The van der Waals surface area contributed by atoms with Gasteiger partial charge >= 0.3 is 0 Å². The molecule has 4 unspecified atom stereocenters. The van der Waals surface area contributed by atoms with Gasteiger partial charge in [-0.25, -0.2) is 9.97 Å². The third kappa shape index (κ3) is 7.08. The van der Waals surface area contributed by atoms with E-state index in [2.05, 4.69) is 27.2 Å². The Morgan fingerprint density at radius 2 is 1.59 bits per heavy atom. The predicted molar refractivity (Wildman–Crippen MR) is 188 cm³/mol. The number of hydrogen-bond donors (Lipinski definition) is 2. The van der Waals surface area contributed by atoms with Gasteiger partial charge < -0.3 is 24.5 Å². The summed E-state index contributed by atoms with van der Waals surface area (Å²) < 4.78 is 15.0. The zero-order chi connectivity index (χ0) is 33.9. The zero-order valence-corrected chi connectivity index (χ0v) is 28.1. The van der Waals surface area contributed by atoms with Gasteiger partial charge in [-0.15, -0.1) is 0 Å². The number of aromatic nitrogens is 4. The summed E-state index contributed by atoms with van der Waals surface area (Å²) in [6, 6.07) is 31.2. The number of rotatable bonds is 9. The smallest absolute Gasteiger partial charge is 0.271 e. The molecule has 4 aromatic carbocycles. The average molecular weight is 695 g/mol. The molecule has 2 aromatic heterocycles.